The summed E-state index contributed by atoms with van der Waals surface area (Å²) in [6.45, 7) is 4.18. The zero-order chi connectivity index (χ0) is 5.91. The summed E-state index contributed by atoms with van der Waals surface area (Å²) in [6, 6.07) is 0. The molecule has 7 heavy (non-hydrogen) atoms. The van der Waals surface area contributed by atoms with Crippen molar-refractivity contribution < 1.29 is 14.0 Å². The largest absolute Gasteiger partial charge is 0.433 e. The molecule has 0 rings (SSSR count). The number of rotatable bonds is 2. The van der Waals surface area contributed by atoms with E-state index in [0.29, 0.717) is 0 Å². The number of hydrogen-bond donors (Lipinski definition) is 1. The summed E-state index contributed by atoms with van der Waals surface area (Å²) in [5.74, 6) is 0. The van der Waals surface area contributed by atoms with Gasteiger partial charge in [0.05, 0.1) is 6.26 Å². The molecule has 4 heteroatoms. The van der Waals surface area contributed by atoms with Crippen molar-refractivity contribution in [2.75, 3.05) is 6.66 Å². The highest BCUT2D eigenvalue weighted by Gasteiger charge is 2.05. The third-order valence-electron chi connectivity index (χ3n) is 0.270. The Morgan fingerprint density at radius 1 is 2.00 bits per heavy atom. The highest BCUT2D eigenvalue weighted by Crippen LogP contribution is 2.36. The van der Waals surface area contributed by atoms with Crippen LogP contribution >= 0.6 is 7.60 Å². The second-order valence-electron chi connectivity index (χ2n) is 1.08. The maximum atomic E-state index is 10.1. The van der Waals surface area contributed by atoms with Gasteiger partial charge in [0.2, 0.25) is 0 Å². The molecule has 42 valence electrons. The van der Waals surface area contributed by atoms with E-state index in [-0.39, 0.29) is 0 Å². The van der Waals surface area contributed by atoms with Crippen LogP contribution in [-0.2, 0) is 9.09 Å². The molecule has 0 aliphatic rings. The van der Waals surface area contributed by atoms with Crippen LogP contribution in [0.4, 0.5) is 0 Å². The normalized spacial score (nSPS) is 17.4. The van der Waals surface area contributed by atoms with Gasteiger partial charge >= 0.3 is 7.60 Å². The first-order chi connectivity index (χ1) is 3.06. The highest BCUT2D eigenvalue weighted by atomic mass is 31.2. The molecule has 0 aliphatic heterocycles. The molecule has 0 radical (unpaired) electrons. The van der Waals surface area contributed by atoms with E-state index in [1.807, 2.05) is 0 Å². The van der Waals surface area contributed by atoms with Crippen molar-refractivity contribution in [2.45, 2.75) is 0 Å². The van der Waals surface area contributed by atoms with Crippen molar-refractivity contribution in [3.63, 3.8) is 0 Å². The van der Waals surface area contributed by atoms with E-state index < -0.39 is 7.60 Å². The Balaban J connectivity index is 3.57. The first-order valence-electron chi connectivity index (χ1n) is 1.66. The average Bonchev–Trinajstić information content (AvgIpc) is 1.30. The summed E-state index contributed by atoms with van der Waals surface area (Å²) in [5, 5.41) is 0. The zero-order valence-electron chi connectivity index (χ0n) is 4.00. The summed E-state index contributed by atoms with van der Waals surface area (Å²) in [5.41, 5.74) is 0. The summed E-state index contributed by atoms with van der Waals surface area (Å²) in [7, 11) is -3.28. The predicted octanol–water partition coefficient (Wildman–Crippen LogP) is 0.962. The molecule has 0 aromatic heterocycles. The smallest absolute Gasteiger partial charge is 0.372 e. The molecule has 0 heterocycles. The summed E-state index contributed by atoms with van der Waals surface area (Å²) >= 11 is 0. The molecule has 0 fully saturated rings. The Hall–Kier alpha value is -0.270. The predicted molar refractivity (Wildman–Crippen MR) is 27.0 cm³/mol. The molecule has 1 atom stereocenters. The van der Waals surface area contributed by atoms with Crippen molar-refractivity contribution in [2.24, 2.45) is 0 Å². The van der Waals surface area contributed by atoms with Gasteiger partial charge in [-0.3, -0.25) is 0 Å². The van der Waals surface area contributed by atoms with Crippen molar-refractivity contribution in [3.8, 4) is 0 Å². The molecule has 0 saturated heterocycles. The van der Waals surface area contributed by atoms with Crippen LogP contribution in [0.3, 0.4) is 0 Å². The summed E-state index contributed by atoms with van der Waals surface area (Å²) in [6.07, 6.45) is 0.945. The van der Waals surface area contributed by atoms with Crippen LogP contribution in [0, 0.1) is 0 Å². The molecular formula is C3H7O3P. The van der Waals surface area contributed by atoms with Gasteiger partial charge in [-0.05, 0) is 0 Å². The van der Waals surface area contributed by atoms with Crippen molar-refractivity contribution >= 4 is 7.60 Å². The molecule has 0 amide bonds. The monoisotopic (exact) mass is 122 g/mol. The van der Waals surface area contributed by atoms with E-state index in [4.69, 9.17) is 4.89 Å². The molecule has 1 unspecified atom stereocenters. The Labute approximate surface area is 42.2 Å². The minimum Gasteiger partial charge on any atom is -0.433 e. The molecule has 0 aromatic carbocycles. The highest BCUT2D eigenvalue weighted by molar-refractivity contribution is 7.52. The topological polar surface area (TPSA) is 46.5 Å². The van der Waals surface area contributed by atoms with Crippen molar-refractivity contribution in [1.29, 1.82) is 0 Å². The van der Waals surface area contributed by atoms with Crippen LogP contribution < -0.4 is 0 Å². The summed E-state index contributed by atoms with van der Waals surface area (Å²) in [4.78, 5) is 8.28. The van der Waals surface area contributed by atoms with Gasteiger partial charge in [-0.2, -0.15) is 0 Å². The molecule has 0 saturated carbocycles. The second kappa shape index (κ2) is 2.15. The Morgan fingerprint density at radius 3 is 2.43 bits per heavy atom. The third-order valence-corrected chi connectivity index (χ3v) is 0.810. The van der Waals surface area contributed by atoms with Gasteiger partial charge in [-0.15, -0.1) is 0 Å². The van der Waals surface area contributed by atoms with Gasteiger partial charge in [0.15, 0.2) is 0 Å². The second-order valence-corrected chi connectivity index (χ2v) is 2.89. The minimum absolute atomic E-state index is 0.945. The van der Waals surface area contributed by atoms with Gasteiger partial charge in [0.1, 0.15) is 0 Å². The van der Waals surface area contributed by atoms with Gasteiger partial charge in [-0.25, -0.2) is 4.57 Å². The van der Waals surface area contributed by atoms with E-state index in [1.54, 1.807) is 0 Å². The van der Waals surface area contributed by atoms with Gasteiger partial charge in [0, 0.05) is 6.66 Å². The molecule has 0 spiro atoms. The average molecular weight is 122 g/mol. The van der Waals surface area contributed by atoms with Crippen LogP contribution in [0.1, 0.15) is 0 Å². The Kier molecular flexibility index (Phi) is 2.06. The lowest BCUT2D eigenvalue weighted by Crippen LogP contribution is -1.74. The third kappa shape index (κ3) is 5.73. The van der Waals surface area contributed by atoms with Crippen molar-refractivity contribution in [1.82, 2.24) is 0 Å². The van der Waals surface area contributed by atoms with Gasteiger partial charge < -0.3 is 9.42 Å². The van der Waals surface area contributed by atoms with Gasteiger partial charge in [-0.1, -0.05) is 6.58 Å². The van der Waals surface area contributed by atoms with Gasteiger partial charge in [0.25, 0.3) is 0 Å². The van der Waals surface area contributed by atoms with Crippen LogP contribution in [-0.4, -0.2) is 11.6 Å². The maximum absolute atomic E-state index is 10.1. The van der Waals surface area contributed by atoms with Crippen molar-refractivity contribution in [3.05, 3.63) is 12.8 Å². The standard InChI is InChI=1S/C3H7O3P/c1-3-6-7(2,4)5/h3H,1H2,2H3,(H,4,5). The van der Waals surface area contributed by atoms with Crippen LogP contribution in [0.15, 0.2) is 12.8 Å². The molecule has 0 aliphatic carbocycles. The maximum Gasteiger partial charge on any atom is 0.372 e. The fraction of sp³-hybridized carbons (Fsp3) is 0.333. The van der Waals surface area contributed by atoms with Crippen LogP contribution in [0.5, 0.6) is 0 Å². The quantitative estimate of drug-likeness (QED) is 0.438. The lowest BCUT2D eigenvalue weighted by molar-refractivity contribution is 0.356. The molecule has 0 aromatic rings. The fourth-order valence-corrected chi connectivity index (χ4v) is 0.415. The fourth-order valence-electron chi connectivity index (χ4n) is 0.138. The van der Waals surface area contributed by atoms with Crippen LogP contribution in [0.25, 0.3) is 0 Å². The molecule has 0 bridgehead atoms. The Bertz CT molecular complexity index is 103. The lowest BCUT2D eigenvalue weighted by atomic mass is 11.2. The first-order valence-corrected chi connectivity index (χ1v) is 3.68. The van der Waals surface area contributed by atoms with E-state index >= 15 is 0 Å². The van der Waals surface area contributed by atoms with E-state index in [1.165, 1.54) is 0 Å². The summed E-state index contributed by atoms with van der Waals surface area (Å²) < 4.78 is 14.2. The van der Waals surface area contributed by atoms with E-state index in [2.05, 4.69) is 11.1 Å². The lowest BCUT2D eigenvalue weighted by Gasteiger charge is -1.99. The van der Waals surface area contributed by atoms with E-state index in [9.17, 15) is 4.57 Å². The minimum atomic E-state index is -3.28. The SMILES string of the molecule is C=COP(C)(=O)O. The Morgan fingerprint density at radius 2 is 2.43 bits per heavy atom. The zero-order valence-corrected chi connectivity index (χ0v) is 4.89. The number of hydrogen-bond acceptors (Lipinski definition) is 2. The van der Waals surface area contributed by atoms with Crippen LogP contribution in [0.2, 0.25) is 0 Å². The first kappa shape index (κ1) is 6.73. The molecule has 3 nitrogen and oxygen atoms in total. The van der Waals surface area contributed by atoms with E-state index in [0.717, 1.165) is 12.9 Å². The molecule has 1 N–H and O–H groups in total. The molecular weight excluding hydrogens is 115 g/mol.